The first-order chi connectivity index (χ1) is 12.6. The van der Waals surface area contributed by atoms with Crippen LogP contribution in [-0.2, 0) is 6.54 Å². The molecular weight excluding hydrogens is 352 g/mol. The number of nitrogens with one attached hydrogen (secondary N) is 1. The van der Waals surface area contributed by atoms with Crippen molar-refractivity contribution in [2.24, 2.45) is 0 Å². The average molecular weight is 375 g/mol. The number of likely N-dealkylation sites (tertiary alicyclic amines) is 1. The Bertz CT molecular complexity index is 767. The van der Waals surface area contributed by atoms with Gasteiger partial charge in [-0.3, -0.25) is 9.69 Å². The van der Waals surface area contributed by atoms with Gasteiger partial charge in [-0.25, -0.2) is 0 Å². The number of halogens is 1. The summed E-state index contributed by atoms with van der Waals surface area (Å²) in [5.41, 5.74) is 1.75. The number of hydrogen-bond donors (Lipinski definition) is 1. The van der Waals surface area contributed by atoms with Crippen LogP contribution in [0.25, 0.3) is 0 Å². The molecule has 2 aromatic rings. The van der Waals surface area contributed by atoms with Crippen LogP contribution in [-0.4, -0.2) is 44.2 Å². The minimum absolute atomic E-state index is 0.123. The van der Waals surface area contributed by atoms with E-state index in [4.69, 9.17) is 21.1 Å². The van der Waals surface area contributed by atoms with Crippen LogP contribution in [0.3, 0.4) is 0 Å². The fourth-order valence-electron chi connectivity index (χ4n) is 3.25. The highest BCUT2D eigenvalue weighted by Gasteiger charge is 2.25. The molecule has 26 heavy (non-hydrogen) atoms. The molecule has 1 aliphatic heterocycles. The molecule has 0 aromatic heterocycles. The number of rotatable bonds is 6. The maximum atomic E-state index is 12.6. The summed E-state index contributed by atoms with van der Waals surface area (Å²) in [5.74, 6) is 0.724. The fourth-order valence-corrected chi connectivity index (χ4v) is 3.54. The molecular formula is C20H23ClN2O3. The third kappa shape index (κ3) is 4.29. The molecule has 1 fully saturated rings. The minimum Gasteiger partial charge on any atom is -0.493 e. The SMILES string of the molecule is COc1cc(C(=O)NC2CCN(Cc3ccccc3)C2)cc(Cl)c1OC. The summed E-state index contributed by atoms with van der Waals surface area (Å²) in [4.78, 5) is 15.0. The second kappa shape index (κ2) is 8.43. The van der Waals surface area contributed by atoms with Crippen LogP contribution in [0.15, 0.2) is 42.5 Å². The summed E-state index contributed by atoms with van der Waals surface area (Å²) in [7, 11) is 3.04. The molecule has 1 N–H and O–H groups in total. The Kier molecular flexibility index (Phi) is 6.01. The van der Waals surface area contributed by atoms with Gasteiger partial charge in [-0.2, -0.15) is 0 Å². The largest absolute Gasteiger partial charge is 0.493 e. The van der Waals surface area contributed by atoms with Gasteiger partial charge < -0.3 is 14.8 Å². The number of nitrogens with zero attached hydrogens (tertiary/aromatic N) is 1. The van der Waals surface area contributed by atoms with Gasteiger partial charge >= 0.3 is 0 Å². The number of hydrogen-bond acceptors (Lipinski definition) is 4. The molecule has 2 aromatic carbocycles. The van der Waals surface area contributed by atoms with Gasteiger partial charge in [0.1, 0.15) is 0 Å². The average Bonchev–Trinajstić information content (AvgIpc) is 3.08. The van der Waals surface area contributed by atoms with Crippen molar-refractivity contribution in [2.45, 2.75) is 19.0 Å². The number of ether oxygens (including phenoxy) is 2. The highest BCUT2D eigenvalue weighted by molar-refractivity contribution is 6.32. The van der Waals surface area contributed by atoms with Crippen molar-refractivity contribution < 1.29 is 14.3 Å². The minimum atomic E-state index is -0.153. The standard InChI is InChI=1S/C20H23ClN2O3/c1-25-18-11-15(10-17(21)19(18)26-2)20(24)22-16-8-9-23(13-16)12-14-6-4-3-5-7-14/h3-7,10-11,16H,8-9,12-13H2,1-2H3,(H,22,24). The smallest absolute Gasteiger partial charge is 0.251 e. The molecule has 0 saturated carbocycles. The van der Waals surface area contributed by atoms with Crippen molar-refractivity contribution in [1.82, 2.24) is 10.2 Å². The van der Waals surface area contributed by atoms with E-state index < -0.39 is 0 Å². The molecule has 1 unspecified atom stereocenters. The first-order valence-corrected chi connectivity index (χ1v) is 8.97. The van der Waals surface area contributed by atoms with Crippen LogP contribution in [0.4, 0.5) is 0 Å². The van der Waals surface area contributed by atoms with Crippen molar-refractivity contribution in [2.75, 3.05) is 27.3 Å². The summed E-state index contributed by atoms with van der Waals surface area (Å²) >= 11 is 6.19. The van der Waals surface area contributed by atoms with E-state index in [2.05, 4.69) is 22.3 Å². The summed E-state index contributed by atoms with van der Waals surface area (Å²) in [5, 5.41) is 3.45. The maximum Gasteiger partial charge on any atom is 0.251 e. The van der Waals surface area contributed by atoms with Crippen LogP contribution >= 0.6 is 11.6 Å². The number of amides is 1. The topological polar surface area (TPSA) is 50.8 Å². The van der Waals surface area contributed by atoms with Crippen molar-refractivity contribution in [1.29, 1.82) is 0 Å². The molecule has 0 radical (unpaired) electrons. The van der Waals surface area contributed by atoms with Crippen LogP contribution in [0, 0.1) is 0 Å². The van der Waals surface area contributed by atoms with Gasteiger partial charge in [0.25, 0.3) is 5.91 Å². The van der Waals surface area contributed by atoms with E-state index >= 15 is 0 Å². The lowest BCUT2D eigenvalue weighted by molar-refractivity contribution is 0.0937. The van der Waals surface area contributed by atoms with Gasteiger partial charge in [0.05, 0.1) is 19.2 Å². The van der Waals surface area contributed by atoms with Crippen molar-refractivity contribution in [3.05, 3.63) is 58.6 Å². The monoisotopic (exact) mass is 374 g/mol. The number of benzene rings is 2. The summed E-state index contributed by atoms with van der Waals surface area (Å²) < 4.78 is 10.5. The Morgan fingerprint density at radius 1 is 1.23 bits per heavy atom. The van der Waals surface area contributed by atoms with E-state index in [0.717, 1.165) is 26.1 Å². The third-order valence-corrected chi connectivity index (χ3v) is 4.83. The molecule has 1 saturated heterocycles. The zero-order valence-corrected chi connectivity index (χ0v) is 15.8. The third-order valence-electron chi connectivity index (χ3n) is 4.55. The molecule has 138 valence electrons. The molecule has 3 rings (SSSR count). The van der Waals surface area contributed by atoms with Gasteiger partial charge in [-0.1, -0.05) is 41.9 Å². The Balaban J connectivity index is 1.61. The van der Waals surface area contributed by atoms with Crippen molar-refractivity contribution in [3.63, 3.8) is 0 Å². The Labute approximate surface area is 158 Å². The summed E-state index contributed by atoms with van der Waals surface area (Å²) in [6.45, 7) is 2.70. The molecule has 5 nitrogen and oxygen atoms in total. The van der Waals surface area contributed by atoms with Gasteiger partial charge in [0.15, 0.2) is 11.5 Å². The summed E-state index contributed by atoms with van der Waals surface area (Å²) in [6.07, 6.45) is 0.930. The molecule has 1 aliphatic rings. The van der Waals surface area contributed by atoms with Crippen LogP contribution < -0.4 is 14.8 Å². The maximum absolute atomic E-state index is 12.6. The van der Waals surface area contributed by atoms with E-state index in [9.17, 15) is 4.79 Å². The predicted molar refractivity (Wildman–Crippen MR) is 102 cm³/mol. The van der Waals surface area contributed by atoms with E-state index in [1.807, 2.05) is 18.2 Å². The molecule has 0 aliphatic carbocycles. The Morgan fingerprint density at radius 3 is 2.69 bits per heavy atom. The quantitative estimate of drug-likeness (QED) is 0.842. The summed E-state index contributed by atoms with van der Waals surface area (Å²) in [6, 6.07) is 13.7. The number of carbonyl (C=O) groups excluding carboxylic acids is 1. The molecule has 0 spiro atoms. The van der Waals surface area contributed by atoms with Crippen molar-refractivity contribution in [3.8, 4) is 11.5 Å². The van der Waals surface area contributed by atoms with Gasteiger partial charge in [0, 0.05) is 31.2 Å². The van der Waals surface area contributed by atoms with Gasteiger partial charge in [-0.15, -0.1) is 0 Å². The molecule has 1 heterocycles. The number of carbonyl (C=O) groups is 1. The first kappa shape index (κ1) is 18.5. The van der Waals surface area contributed by atoms with E-state index in [-0.39, 0.29) is 11.9 Å². The molecule has 6 heteroatoms. The van der Waals surface area contributed by atoms with E-state index in [1.54, 1.807) is 12.1 Å². The lowest BCUT2D eigenvalue weighted by Crippen LogP contribution is -2.37. The lowest BCUT2D eigenvalue weighted by Gasteiger charge is -2.17. The van der Waals surface area contributed by atoms with Crippen LogP contribution in [0.5, 0.6) is 11.5 Å². The number of methoxy groups -OCH3 is 2. The lowest BCUT2D eigenvalue weighted by atomic mass is 10.1. The highest BCUT2D eigenvalue weighted by Crippen LogP contribution is 2.36. The van der Waals surface area contributed by atoms with E-state index in [0.29, 0.717) is 22.1 Å². The fraction of sp³-hybridized carbons (Fsp3) is 0.350. The van der Waals surface area contributed by atoms with Gasteiger partial charge in [-0.05, 0) is 24.1 Å². The first-order valence-electron chi connectivity index (χ1n) is 8.59. The molecule has 1 amide bonds. The van der Waals surface area contributed by atoms with Crippen molar-refractivity contribution >= 4 is 17.5 Å². The second-order valence-electron chi connectivity index (χ2n) is 6.37. The Hall–Kier alpha value is -2.24. The molecule has 1 atom stereocenters. The zero-order chi connectivity index (χ0) is 18.5. The normalized spacial score (nSPS) is 17.1. The second-order valence-corrected chi connectivity index (χ2v) is 6.78. The predicted octanol–water partition coefficient (Wildman–Crippen LogP) is 3.36. The van der Waals surface area contributed by atoms with Crippen LogP contribution in [0.1, 0.15) is 22.3 Å². The van der Waals surface area contributed by atoms with Crippen LogP contribution in [0.2, 0.25) is 5.02 Å². The highest BCUT2D eigenvalue weighted by atomic mass is 35.5. The Morgan fingerprint density at radius 2 is 2.00 bits per heavy atom. The van der Waals surface area contributed by atoms with Gasteiger partial charge in [0.2, 0.25) is 0 Å². The van der Waals surface area contributed by atoms with E-state index in [1.165, 1.54) is 19.8 Å². The molecule has 0 bridgehead atoms. The zero-order valence-electron chi connectivity index (χ0n) is 15.0.